The van der Waals surface area contributed by atoms with Gasteiger partial charge in [-0.05, 0) is 0 Å². The third kappa shape index (κ3) is 9.45. The molecule has 2 rings (SSSR count). The first kappa shape index (κ1) is 24.6. The largest absolute Gasteiger partial charge is 2.00 e. The molecule has 2 N–H and O–H groups in total. The van der Waals surface area contributed by atoms with Gasteiger partial charge < -0.3 is 10.2 Å². The molecule has 0 unspecified atom stereocenters. The number of carboxylic acid groups (broad SMARTS) is 2. The molecule has 24 heavy (non-hydrogen) atoms. The molecule has 0 saturated carbocycles. The second-order valence-electron chi connectivity index (χ2n) is 5.10. The van der Waals surface area contributed by atoms with Crippen molar-refractivity contribution >= 4 is 20.0 Å². The molecule has 4 nitrogen and oxygen atoms in total. The van der Waals surface area contributed by atoms with Gasteiger partial charge in [-0.3, -0.25) is 12.2 Å². The van der Waals surface area contributed by atoms with E-state index in [1.54, 1.807) is 0 Å². The van der Waals surface area contributed by atoms with Crippen molar-refractivity contribution in [1.29, 1.82) is 0 Å². The first-order valence-electron chi connectivity index (χ1n) is 7.02. The normalized spacial score (nSPS) is 13.9. The molecule has 0 bridgehead atoms. The summed E-state index contributed by atoms with van der Waals surface area (Å²) in [6.45, 7) is 10.7. The Labute approximate surface area is 159 Å². The molecule has 0 aliphatic heterocycles. The van der Waals surface area contributed by atoms with Crippen molar-refractivity contribution in [3.63, 3.8) is 0 Å². The van der Waals surface area contributed by atoms with Crippen molar-refractivity contribution in [2.45, 2.75) is 25.9 Å². The standard InChI is InChI=1S/C12H14Si.2C3H4O2.Ti/c1-13(2,11-7-3-4-8-11)12-9-5-6-10-12;2*1-2-3(4)5;/h3,5,7,9H,4,6H2,1-2H3;2*2H,1H2,(H,4,5);/q-2;;;+2. The van der Waals surface area contributed by atoms with Crippen LogP contribution >= 0.6 is 0 Å². The first-order chi connectivity index (χ1) is 10.8. The fourth-order valence-electron chi connectivity index (χ4n) is 1.81. The van der Waals surface area contributed by atoms with Gasteiger partial charge in [-0.2, -0.15) is 12.2 Å². The molecule has 0 aromatic carbocycles. The molecule has 0 heterocycles. The van der Waals surface area contributed by atoms with Gasteiger partial charge in [-0.1, -0.05) is 26.3 Å². The molecule has 0 radical (unpaired) electrons. The van der Waals surface area contributed by atoms with Gasteiger partial charge in [-0.25, -0.2) is 32.1 Å². The van der Waals surface area contributed by atoms with E-state index < -0.39 is 20.0 Å². The molecule has 126 valence electrons. The van der Waals surface area contributed by atoms with E-state index in [4.69, 9.17) is 10.2 Å². The number of hydrogen-bond acceptors (Lipinski definition) is 2. The zero-order valence-corrected chi connectivity index (χ0v) is 16.6. The molecule has 0 fully saturated rings. The number of aliphatic carboxylic acids is 2. The van der Waals surface area contributed by atoms with Crippen LogP contribution in [0.15, 0.2) is 60.0 Å². The second-order valence-corrected chi connectivity index (χ2v) is 9.43. The SMILES string of the molecule is C=CC(=O)O.C=CC(=O)O.C[Si](C)(C1=[C-]CC=C1)C1=[C-]CC=C1.[Ti+2]. The number of carboxylic acids is 2. The van der Waals surface area contributed by atoms with Gasteiger partial charge in [0.15, 0.2) is 0 Å². The zero-order valence-electron chi connectivity index (χ0n) is 14.0. The molecule has 6 heteroatoms. The van der Waals surface area contributed by atoms with Gasteiger partial charge >= 0.3 is 33.7 Å². The van der Waals surface area contributed by atoms with Crippen LogP contribution in [0.2, 0.25) is 13.1 Å². The number of allylic oxidation sites excluding steroid dienone is 8. The summed E-state index contributed by atoms with van der Waals surface area (Å²) in [6.07, 6.45) is 19.4. The summed E-state index contributed by atoms with van der Waals surface area (Å²) in [7, 11) is -1.40. The summed E-state index contributed by atoms with van der Waals surface area (Å²) >= 11 is 0. The Kier molecular flexibility index (Phi) is 13.0. The van der Waals surface area contributed by atoms with Crippen LogP contribution < -0.4 is 0 Å². The summed E-state index contributed by atoms with van der Waals surface area (Å²) < 4.78 is 0. The van der Waals surface area contributed by atoms with Crippen molar-refractivity contribution in [2.24, 2.45) is 0 Å². The summed E-state index contributed by atoms with van der Waals surface area (Å²) in [5.41, 5.74) is 0. The molecular weight excluding hydrogens is 356 g/mol. The molecule has 0 spiro atoms. The number of hydrogen-bond donors (Lipinski definition) is 2. The van der Waals surface area contributed by atoms with E-state index in [1.165, 1.54) is 10.4 Å². The van der Waals surface area contributed by atoms with E-state index in [0.717, 1.165) is 25.0 Å². The first-order valence-corrected chi connectivity index (χ1v) is 10.0. The molecule has 0 aromatic rings. The predicted octanol–water partition coefficient (Wildman–Crippen LogP) is 3.66. The van der Waals surface area contributed by atoms with Crippen LogP contribution in [-0.2, 0) is 31.3 Å². The second kappa shape index (κ2) is 12.7. The van der Waals surface area contributed by atoms with Crippen LogP contribution in [0.1, 0.15) is 12.8 Å². The Balaban J connectivity index is 0. The van der Waals surface area contributed by atoms with Crippen molar-refractivity contribution in [3.05, 3.63) is 72.2 Å². The maximum Gasteiger partial charge on any atom is 2.00 e. The van der Waals surface area contributed by atoms with E-state index in [-0.39, 0.29) is 21.7 Å². The van der Waals surface area contributed by atoms with Gasteiger partial charge in [0, 0.05) is 20.2 Å². The van der Waals surface area contributed by atoms with Crippen LogP contribution in [0, 0.1) is 12.2 Å². The summed E-state index contributed by atoms with van der Waals surface area (Å²) in [6, 6.07) is 0. The number of rotatable bonds is 4. The Hall–Kier alpha value is -1.69. The topological polar surface area (TPSA) is 74.6 Å². The van der Waals surface area contributed by atoms with Crippen LogP contribution in [0.5, 0.6) is 0 Å². The van der Waals surface area contributed by atoms with Crippen LogP contribution in [0.3, 0.4) is 0 Å². The van der Waals surface area contributed by atoms with E-state index in [1.807, 2.05) is 0 Å². The number of carbonyl (C=O) groups is 2. The maximum absolute atomic E-state index is 9.25. The average molecular weight is 378 g/mol. The van der Waals surface area contributed by atoms with Crippen molar-refractivity contribution in [3.8, 4) is 0 Å². The fraction of sp³-hybridized carbons (Fsp3) is 0.222. The summed E-state index contributed by atoms with van der Waals surface area (Å²) in [4.78, 5) is 18.5. The summed E-state index contributed by atoms with van der Waals surface area (Å²) in [5.74, 6) is -1.96. The third-order valence-electron chi connectivity index (χ3n) is 3.09. The van der Waals surface area contributed by atoms with E-state index in [9.17, 15) is 9.59 Å². The van der Waals surface area contributed by atoms with E-state index >= 15 is 0 Å². The average Bonchev–Trinajstić information content (AvgIpc) is 3.21. The van der Waals surface area contributed by atoms with Crippen LogP contribution in [0.4, 0.5) is 0 Å². The third-order valence-corrected chi connectivity index (χ3v) is 6.47. The molecule has 0 amide bonds. The smallest absolute Gasteiger partial charge is 0.478 e. The van der Waals surface area contributed by atoms with Crippen LogP contribution in [-0.4, -0.2) is 30.2 Å². The quantitative estimate of drug-likeness (QED) is 0.445. The molecule has 0 aromatic heterocycles. The van der Waals surface area contributed by atoms with Gasteiger partial charge in [0.05, 0.1) is 0 Å². The minimum absolute atomic E-state index is 0. The van der Waals surface area contributed by atoms with E-state index in [0.29, 0.717) is 0 Å². The van der Waals surface area contributed by atoms with Gasteiger partial charge in [-0.15, -0.1) is 12.8 Å². The van der Waals surface area contributed by atoms with Crippen molar-refractivity contribution in [2.75, 3.05) is 0 Å². The molecular formula is C18H22O4SiTi. The van der Waals surface area contributed by atoms with Crippen molar-refractivity contribution in [1.82, 2.24) is 0 Å². The molecule has 2 aliphatic carbocycles. The molecule has 2 aliphatic rings. The Morgan fingerprint density at radius 1 is 1.00 bits per heavy atom. The minimum Gasteiger partial charge on any atom is -0.478 e. The Morgan fingerprint density at radius 3 is 1.46 bits per heavy atom. The van der Waals surface area contributed by atoms with Gasteiger partial charge in [0.2, 0.25) is 0 Å². The van der Waals surface area contributed by atoms with Crippen LogP contribution in [0.25, 0.3) is 0 Å². The van der Waals surface area contributed by atoms with E-state index in [2.05, 4.69) is 62.7 Å². The Morgan fingerprint density at radius 2 is 1.29 bits per heavy atom. The monoisotopic (exact) mass is 378 g/mol. The molecule has 0 atom stereocenters. The predicted molar refractivity (Wildman–Crippen MR) is 94.2 cm³/mol. The minimum atomic E-state index is -1.40. The molecule has 0 saturated heterocycles. The van der Waals surface area contributed by atoms with Crippen molar-refractivity contribution < 1.29 is 41.5 Å². The fourth-order valence-corrected chi connectivity index (χ4v) is 4.26. The zero-order chi connectivity index (χ0) is 17.9. The summed E-state index contributed by atoms with van der Waals surface area (Å²) in [5, 5.41) is 18.1. The van der Waals surface area contributed by atoms with Gasteiger partial charge in [0.1, 0.15) is 0 Å². The van der Waals surface area contributed by atoms with Gasteiger partial charge in [0.25, 0.3) is 0 Å². The maximum atomic E-state index is 9.25. The Bertz CT molecular complexity index is 534.